The largest absolute Gasteiger partial charge is 0.495 e. The Morgan fingerprint density at radius 1 is 1.09 bits per heavy atom. The SMILES string of the molecule is CCOC(=O)c1cccc(Nc2ncnc(Nc3cc(Cl)c(OC)cc3OC)c2[N+](=O)[O-])c1. The fourth-order valence-corrected chi connectivity index (χ4v) is 3.14. The first kappa shape index (κ1) is 23.5. The summed E-state index contributed by atoms with van der Waals surface area (Å²) in [5.41, 5.74) is 0.598. The maximum absolute atomic E-state index is 12.0. The average Bonchev–Trinajstić information content (AvgIpc) is 2.79. The van der Waals surface area contributed by atoms with Gasteiger partial charge in [0.25, 0.3) is 0 Å². The van der Waals surface area contributed by atoms with Crippen LogP contribution in [0.2, 0.25) is 5.02 Å². The highest BCUT2D eigenvalue weighted by Gasteiger charge is 2.25. The van der Waals surface area contributed by atoms with Crippen LogP contribution in [0.15, 0.2) is 42.7 Å². The topological polar surface area (TPSA) is 138 Å². The van der Waals surface area contributed by atoms with Crippen LogP contribution in [0.4, 0.5) is 28.7 Å². The Balaban J connectivity index is 1.98. The Kier molecular flexibility index (Phi) is 7.46. The number of nitrogens with zero attached hydrogens (tertiary/aromatic N) is 3. The molecule has 172 valence electrons. The second kappa shape index (κ2) is 10.5. The van der Waals surface area contributed by atoms with Gasteiger partial charge in [0.2, 0.25) is 11.6 Å². The van der Waals surface area contributed by atoms with E-state index in [4.69, 9.17) is 25.8 Å². The highest BCUT2D eigenvalue weighted by molar-refractivity contribution is 6.32. The molecule has 3 aromatic rings. The predicted molar refractivity (Wildman–Crippen MR) is 122 cm³/mol. The summed E-state index contributed by atoms with van der Waals surface area (Å²) in [5.74, 6) is 0.0146. The number of rotatable bonds is 9. The summed E-state index contributed by atoms with van der Waals surface area (Å²) in [4.78, 5) is 31.3. The van der Waals surface area contributed by atoms with E-state index in [1.807, 2.05) is 0 Å². The third kappa shape index (κ3) is 5.39. The molecule has 0 aliphatic rings. The molecule has 0 atom stereocenters. The molecule has 0 aliphatic carbocycles. The third-order valence-corrected chi connectivity index (χ3v) is 4.66. The van der Waals surface area contributed by atoms with Gasteiger partial charge < -0.3 is 24.8 Å². The van der Waals surface area contributed by atoms with Crippen LogP contribution < -0.4 is 20.1 Å². The van der Waals surface area contributed by atoms with Gasteiger partial charge in [0.1, 0.15) is 17.8 Å². The van der Waals surface area contributed by atoms with Gasteiger partial charge in [-0.25, -0.2) is 14.8 Å². The summed E-state index contributed by atoms with van der Waals surface area (Å²) in [6, 6.07) is 9.37. The Morgan fingerprint density at radius 3 is 2.42 bits per heavy atom. The van der Waals surface area contributed by atoms with Gasteiger partial charge in [0.15, 0.2) is 0 Å². The lowest BCUT2D eigenvalue weighted by molar-refractivity contribution is -0.383. The summed E-state index contributed by atoms with van der Waals surface area (Å²) in [6.07, 6.45) is 1.16. The number of carbonyl (C=O) groups is 1. The molecule has 0 fully saturated rings. The van der Waals surface area contributed by atoms with Crippen LogP contribution in [-0.4, -0.2) is 41.7 Å². The molecular formula is C21H20ClN5O6. The van der Waals surface area contributed by atoms with E-state index in [0.717, 1.165) is 6.33 Å². The minimum Gasteiger partial charge on any atom is -0.495 e. The first-order valence-electron chi connectivity index (χ1n) is 9.60. The van der Waals surface area contributed by atoms with Crippen LogP contribution in [0.3, 0.4) is 0 Å². The number of methoxy groups -OCH3 is 2. The van der Waals surface area contributed by atoms with Gasteiger partial charge in [0, 0.05) is 11.8 Å². The molecule has 0 spiro atoms. The number of anilines is 4. The maximum atomic E-state index is 12.0. The van der Waals surface area contributed by atoms with Gasteiger partial charge >= 0.3 is 11.7 Å². The van der Waals surface area contributed by atoms with Gasteiger partial charge in [-0.05, 0) is 31.2 Å². The van der Waals surface area contributed by atoms with Crippen LogP contribution in [0, 0.1) is 10.1 Å². The van der Waals surface area contributed by atoms with E-state index in [9.17, 15) is 14.9 Å². The Labute approximate surface area is 193 Å². The van der Waals surface area contributed by atoms with Crippen molar-refractivity contribution in [2.75, 3.05) is 31.5 Å². The predicted octanol–water partition coefficient (Wildman–Crippen LogP) is 4.72. The maximum Gasteiger partial charge on any atom is 0.353 e. The number of aromatic nitrogens is 2. The minimum absolute atomic E-state index is 0.0860. The van der Waals surface area contributed by atoms with Crippen LogP contribution in [0.5, 0.6) is 11.5 Å². The van der Waals surface area contributed by atoms with Crippen molar-refractivity contribution >= 4 is 46.3 Å². The molecule has 3 rings (SSSR count). The van der Waals surface area contributed by atoms with Crippen molar-refractivity contribution < 1.29 is 23.9 Å². The first-order valence-corrected chi connectivity index (χ1v) is 9.97. The van der Waals surface area contributed by atoms with Crippen LogP contribution >= 0.6 is 11.6 Å². The van der Waals surface area contributed by atoms with Gasteiger partial charge in [-0.3, -0.25) is 10.1 Å². The molecule has 0 saturated heterocycles. The number of carbonyl (C=O) groups excluding carboxylic acids is 1. The molecule has 0 amide bonds. The second-order valence-electron chi connectivity index (χ2n) is 6.41. The summed E-state index contributed by atoms with van der Waals surface area (Å²) < 4.78 is 15.5. The Hall–Kier alpha value is -4.12. The number of halogens is 1. The van der Waals surface area contributed by atoms with E-state index in [1.165, 1.54) is 32.4 Å². The molecule has 0 unspecified atom stereocenters. The fraction of sp³-hybridized carbons (Fsp3) is 0.190. The molecule has 0 saturated carbocycles. The standard InChI is InChI=1S/C21H20ClN5O6/c1-4-33-21(28)12-6-5-7-13(8-12)25-19-18(27(29)30)20(24-11-23-19)26-15-9-14(22)16(31-2)10-17(15)32-3/h5-11H,4H2,1-3H3,(H2,23,24,25,26). The molecule has 33 heavy (non-hydrogen) atoms. The number of nitrogens with one attached hydrogen (secondary N) is 2. The van der Waals surface area contributed by atoms with E-state index in [0.29, 0.717) is 22.9 Å². The monoisotopic (exact) mass is 473 g/mol. The van der Waals surface area contributed by atoms with Crippen molar-refractivity contribution in [3.05, 3.63) is 63.4 Å². The molecule has 2 N–H and O–H groups in total. The summed E-state index contributed by atoms with van der Waals surface area (Å²) in [7, 11) is 2.89. The van der Waals surface area contributed by atoms with Crippen molar-refractivity contribution in [2.24, 2.45) is 0 Å². The number of esters is 1. The van der Waals surface area contributed by atoms with Gasteiger partial charge in [0.05, 0.1) is 42.0 Å². The molecule has 2 aromatic carbocycles. The zero-order chi connectivity index (χ0) is 24.0. The normalized spacial score (nSPS) is 10.3. The van der Waals surface area contributed by atoms with Crippen molar-refractivity contribution in [1.82, 2.24) is 9.97 Å². The molecule has 0 radical (unpaired) electrons. The van der Waals surface area contributed by atoms with Crippen LogP contribution in [0.1, 0.15) is 17.3 Å². The molecule has 1 heterocycles. The number of nitro groups is 1. The first-order chi connectivity index (χ1) is 15.9. The van der Waals surface area contributed by atoms with E-state index in [1.54, 1.807) is 25.1 Å². The van der Waals surface area contributed by atoms with E-state index < -0.39 is 16.6 Å². The number of hydrogen-bond donors (Lipinski definition) is 2. The van der Waals surface area contributed by atoms with Crippen molar-refractivity contribution in [1.29, 1.82) is 0 Å². The number of ether oxygens (including phenoxy) is 3. The second-order valence-corrected chi connectivity index (χ2v) is 6.82. The third-order valence-electron chi connectivity index (χ3n) is 4.37. The number of benzene rings is 2. The lowest BCUT2D eigenvalue weighted by atomic mass is 10.2. The minimum atomic E-state index is -0.628. The van der Waals surface area contributed by atoms with E-state index >= 15 is 0 Å². The van der Waals surface area contributed by atoms with Gasteiger partial charge in [-0.15, -0.1) is 0 Å². The lowest BCUT2D eigenvalue weighted by Gasteiger charge is -2.14. The van der Waals surface area contributed by atoms with Crippen molar-refractivity contribution in [3.63, 3.8) is 0 Å². The van der Waals surface area contributed by atoms with Gasteiger partial charge in [-0.1, -0.05) is 17.7 Å². The van der Waals surface area contributed by atoms with Crippen LogP contribution in [0.25, 0.3) is 0 Å². The van der Waals surface area contributed by atoms with Crippen molar-refractivity contribution in [3.8, 4) is 11.5 Å². The summed E-state index contributed by atoms with van der Waals surface area (Å²) >= 11 is 6.19. The average molecular weight is 474 g/mol. The summed E-state index contributed by atoms with van der Waals surface area (Å²) in [5, 5.41) is 17.9. The van der Waals surface area contributed by atoms with E-state index in [-0.39, 0.29) is 28.8 Å². The Morgan fingerprint density at radius 2 is 1.79 bits per heavy atom. The quantitative estimate of drug-likeness (QED) is 0.255. The molecule has 11 nitrogen and oxygen atoms in total. The highest BCUT2D eigenvalue weighted by Crippen LogP contribution is 2.40. The Bertz CT molecular complexity index is 1190. The summed E-state index contributed by atoms with van der Waals surface area (Å²) in [6.45, 7) is 1.92. The zero-order valence-electron chi connectivity index (χ0n) is 17.9. The van der Waals surface area contributed by atoms with Crippen molar-refractivity contribution in [2.45, 2.75) is 6.92 Å². The number of hydrogen-bond acceptors (Lipinski definition) is 10. The smallest absolute Gasteiger partial charge is 0.353 e. The zero-order valence-corrected chi connectivity index (χ0v) is 18.7. The molecule has 0 aliphatic heterocycles. The molecular weight excluding hydrogens is 454 g/mol. The fourth-order valence-electron chi connectivity index (χ4n) is 2.90. The van der Waals surface area contributed by atoms with Crippen LogP contribution in [-0.2, 0) is 4.74 Å². The van der Waals surface area contributed by atoms with Gasteiger partial charge in [-0.2, -0.15) is 0 Å². The molecule has 1 aromatic heterocycles. The highest BCUT2D eigenvalue weighted by atomic mass is 35.5. The van der Waals surface area contributed by atoms with E-state index in [2.05, 4.69) is 20.6 Å². The molecule has 12 heteroatoms. The molecule has 0 bridgehead atoms. The lowest BCUT2D eigenvalue weighted by Crippen LogP contribution is -2.07.